The van der Waals surface area contributed by atoms with E-state index in [0.29, 0.717) is 17.2 Å². The molecule has 2 aromatic carbocycles. The van der Waals surface area contributed by atoms with E-state index in [1.54, 1.807) is 30.5 Å². The topological polar surface area (TPSA) is 62.7 Å². The van der Waals surface area contributed by atoms with Gasteiger partial charge in [-0.15, -0.1) is 0 Å². The standard InChI is InChI=1S/C17H17N3O2S/c1-22-16(21)15-9-7-14(8-10-15)12-19-20-17(23)18-11-13-5-3-2-4-6-13/h2-10,12H,11H2,1H3,(H2,18,20,23)/b19-12-. The number of methoxy groups -OCH3 is 1. The second kappa shape index (κ2) is 8.65. The van der Waals surface area contributed by atoms with Gasteiger partial charge in [0.25, 0.3) is 0 Å². The summed E-state index contributed by atoms with van der Waals surface area (Å²) < 4.78 is 4.64. The third-order valence-corrected chi connectivity index (χ3v) is 3.24. The highest BCUT2D eigenvalue weighted by Gasteiger charge is 2.03. The van der Waals surface area contributed by atoms with Gasteiger partial charge in [-0.3, -0.25) is 5.43 Å². The Labute approximate surface area is 140 Å². The van der Waals surface area contributed by atoms with Crippen molar-refractivity contribution in [1.82, 2.24) is 10.7 Å². The highest BCUT2D eigenvalue weighted by Crippen LogP contribution is 2.03. The average Bonchev–Trinajstić information content (AvgIpc) is 2.61. The quantitative estimate of drug-likeness (QED) is 0.382. The van der Waals surface area contributed by atoms with Crippen molar-refractivity contribution >= 4 is 29.5 Å². The average molecular weight is 327 g/mol. The molecule has 0 radical (unpaired) electrons. The smallest absolute Gasteiger partial charge is 0.337 e. The van der Waals surface area contributed by atoms with E-state index in [4.69, 9.17) is 12.2 Å². The Kier molecular flexibility index (Phi) is 6.26. The van der Waals surface area contributed by atoms with E-state index in [1.807, 2.05) is 30.3 Å². The van der Waals surface area contributed by atoms with Gasteiger partial charge < -0.3 is 10.1 Å². The van der Waals surface area contributed by atoms with E-state index < -0.39 is 0 Å². The lowest BCUT2D eigenvalue weighted by atomic mass is 10.1. The van der Waals surface area contributed by atoms with Gasteiger partial charge in [-0.05, 0) is 35.5 Å². The summed E-state index contributed by atoms with van der Waals surface area (Å²) in [5.74, 6) is -0.363. The molecule has 0 saturated heterocycles. The van der Waals surface area contributed by atoms with Crippen LogP contribution in [0.2, 0.25) is 0 Å². The van der Waals surface area contributed by atoms with Gasteiger partial charge in [-0.1, -0.05) is 42.5 Å². The molecule has 2 N–H and O–H groups in total. The number of rotatable bonds is 5. The maximum absolute atomic E-state index is 11.3. The van der Waals surface area contributed by atoms with E-state index in [0.717, 1.165) is 11.1 Å². The zero-order chi connectivity index (χ0) is 16.5. The molecule has 0 amide bonds. The molecule has 118 valence electrons. The van der Waals surface area contributed by atoms with Crippen molar-refractivity contribution in [3.8, 4) is 0 Å². The van der Waals surface area contributed by atoms with Crippen LogP contribution in [0, 0.1) is 0 Å². The van der Waals surface area contributed by atoms with Crippen LogP contribution in [0.1, 0.15) is 21.5 Å². The summed E-state index contributed by atoms with van der Waals surface area (Å²) in [6, 6.07) is 16.9. The van der Waals surface area contributed by atoms with Crippen molar-refractivity contribution < 1.29 is 9.53 Å². The summed E-state index contributed by atoms with van der Waals surface area (Å²) in [5, 5.41) is 7.56. The Hall–Kier alpha value is -2.73. The van der Waals surface area contributed by atoms with Crippen molar-refractivity contribution in [3.63, 3.8) is 0 Å². The van der Waals surface area contributed by atoms with E-state index in [1.165, 1.54) is 7.11 Å². The summed E-state index contributed by atoms with van der Waals surface area (Å²) in [5.41, 5.74) is 5.23. The third kappa shape index (κ3) is 5.52. The summed E-state index contributed by atoms with van der Waals surface area (Å²) in [4.78, 5) is 11.3. The zero-order valence-corrected chi connectivity index (χ0v) is 13.5. The fourth-order valence-electron chi connectivity index (χ4n) is 1.81. The number of esters is 1. The molecule has 2 rings (SSSR count). The predicted molar refractivity (Wildman–Crippen MR) is 94.4 cm³/mol. The summed E-state index contributed by atoms with van der Waals surface area (Å²) in [6.45, 7) is 0.635. The molecular weight excluding hydrogens is 310 g/mol. The van der Waals surface area contributed by atoms with Crippen LogP contribution in [-0.4, -0.2) is 24.4 Å². The molecule has 2 aromatic rings. The molecule has 0 spiro atoms. The van der Waals surface area contributed by atoms with Crippen LogP contribution < -0.4 is 10.7 Å². The zero-order valence-electron chi connectivity index (χ0n) is 12.7. The second-order valence-electron chi connectivity index (χ2n) is 4.65. The van der Waals surface area contributed by atoms with Crippen LogP contribution in [0.25, 0.3) is 0 Å². The SMILES string of the molecule is COC(=O)c1ccc(/C=N\NC(=S)NCc2ccccc2)cc1. The molecule has 0 aliphatic carbocycles. The largest absolute Gasteiger partial charge is 0.465 e. The van der Waals surface area contributed by atoms with E-state index >= 15 is 0 Å². The molecule has 0 bridgehead atoms. The van der Waals surface area contributed by atoms with Crippen LogP contribution in [0.5, 0.6) is 0 Å². The lowest BCUT2D eigenvalue weighted by Gasteiger charge is -2.06. The molecule has 0 fully saturated rings. The second-order valence-corrected chi connectivity index (χ2v) is 5.06. The molecule has 6 heteroatoms. The molecular formula is C17H17N3O2S. The van der Waals surface area contributed by atoms with Crippen LogP contribution in [0.4, 0.5) is 0 Å². The Morgan fingerprint density at radius 3 is 2.52 bits per heavy atom. The Morgan fingerprint density at radius 2 is 1.87 bits per heavy atom. The lowest BCUT2D eigenvalue weighted by Crippen LogP contribution is -2.31. The predicted octanol–water partition coefficient (Wildman–Crippen LogP) is 2.47. The van der Waals surface area contributed by atoms with Gasteiger partial charge in [0, 0.05) is 6.54 Å². The molecule has 0 aromatic heterocycles. The summed E-state index contributed by atoms with van der Waals surface area (Å²) >= 11 is 5.14. The van der Waals surface area contributed by atoms with E-state index in [2.05, 4.69) is 20.6 Å². The van der Waals surface area contributed by atoms with E-state index in [-0.39, 0.29) is 5.97 Å². The first kappa shape index (κ1) is 16.6. The molecule has 23 heavy (non-hydrogen) atoms. The van der Waals surface area contributed by atoms with Crippen LogP contribution in [0.3, 0.4) is 0 Å². The van der Waals surface area contributed by atoms with Crippen molar-refractivity contribution in [2.75, 3.05) is 7.11 Å². The van der Waals surface area contributed by atoms with Crippen molar-refractivity contribution in [2.45, 2.75) is 6.54 Å². The van der Waals surface area contributed by atoms with Gasteiger partial charge in [0.2, 0.25) is 0 Å². The minimum atomic E-state index is -0.363. The number of nitrogens with one attached hydrogen (secondary N) is 2. The molecule has 0 heterocycles. The maximum atomic E-state index is 11.3. The van der Waals surface area contributed by atoms with Crippen molar-refractivity contribution in [2.24, 2.45) is 5.10 Å². The van der Waals surface area contributed by atoms with Crippen molar-refractivity contribution in [1.29, 1.82) is 0 Å². The molecule has 0 unspecified atom stereocenters. The number of hydrazone groups is 1. The minimum Gasteiger partial charge on any atom is -0.465 e. The van der Waals surface area contributed by atoms with Gasteiger partial charge in [-0.2, -0.15) is 5.10 Å². The summed E-state index contributed by atoms with van der Waals surface area (Å²) in [7, 11) is 1.35. The number of carbonyl (C=O) groups is 1. The van der Waals surface area contributed by atoms with Gasteiger partial charge in [0.05, 0.1) is 18.9 Å². The van der Waals surface area contributed by atoms with Gasteiger partial charge in [0.1, 0.15) is 0 Å². The first-order valence-corrected chi connectivity index (χ1v) is 7.39. The monoisotopic (exact) mass is 327 g/mol. The highest BCUT2D eigenvalue weighted by molar-refractivity contribution is 7.80. The van der Waals surface area contributed by atoms with E-state index in [9.17, 15) is 4.79 Å². The highest BCUT2D eigenvalue weighted by atomic mass is 32.1. The van der Waals surface area contributed by atoms with Crippen LogP contribution in [0.15, 0.2) is 59.7 Å². The number of benzene rings is 2. The fourth-order valence-corrected chi connectivity index (χ4v) is 1.93. The first-order chi connectivity index (χ1) is 11.2. The molecule has 0 aliphatic heterocycles. The molecule has 0 saturated carbocycles. The van der Waals surface area contributed by atoms with Crippen LogP contribution in [-0.2, 0) is 11.3 Å². The number of thiocarbonyl (C=S) groups is 1. The maximum Gasteiger partial charge on any atom is 0.337 e. The van der Waals surface area contributed by atoms with Gasteiger partial charge >= 0.3 is 5.97 Å². The normalized spacial score (nSPS) is 10.3. The van der Waals surface area contributed by atoms with Crippen molar-refractivity contribution in [3.05, 3.63) is 71.3 Å². The van der Waals surface area contributed by atoms with Gasteiger partial charge in [0.15, 0.2) is 5.11 Å². The Morgan fingerprint density at radius 1 is 1.17 bits per heavy atom. The molecule has 0 aliphatic rings. The van der Waals surface area contributed by atoms with Crippen LogP contribution >= 0.6 is 12.2 Å². The third-order valence-electron chi connectivity index (χ3n) is 3.01. The number of nitrogens with zero attached hydrogens (tertiary/aromatic N) is 1. The Balaban J connectivity index is 1.79. The fraction of sp³-hybridized carbons (Fsp3) is 0.118. The number of hydrogen-bond acceptors (Lipinski definition) is 4. The Bertz CT molecular complexity index is 685. The molecule has 0 atom stereocenters. The summed E-state index contributed by atoms with van der Waals surface area (Å²) in [6.07, 6.45) is 1.62. The lowest BCUT2D eigenvalue weighted by molar-refractivity contribution is 0.0600. The number of ether oxygens (including phenoxy) is 1. The van der Waals surface area contributed by atoms with Gasteiger partial charge in [-0.25, -0.2) is 4.79 Å². The number of carbonyl (C=O) groups excluding carboxylic acids is 1. The number of hydrogen-bond donors (Lipinski definition) is 2. The first-order valence-electron chi connectivity index (χ1n) is 6.98. The minimum absolute atomic E-state index is 0.363. The molecule has 5 nitrogen and oxygen atoms in total.